The van der Waals surface area contributed by atoms with Gasteiger partial charge >= 0.3 is 0 Å². The van der Waals surface area contributed by atoms with Crippen LogP contribution in [0.15, 0.2) is 48.5 Å². The van der Waals surface area contributed by atoms with E-state index < -0.39 is 0 Å². The van der Waals surface area contributed by atoms with Crippen molar-refractivity contribution >= 4 is 23.4 Å². The van der Waals surface area contributed by atoms with Crippen LogP contribution in [0.1, 0.15) is 22.8 Å². The summed E-state index contributed by atoms with van der Waals surface area (Å²) in [6.07, 6.45) is 0. The smallest absolute Gasteiger partial charge is 0.251 e. The van der Waals surface area contributed by atoms with Gasteiger partial charge in [0.05, 0.1) is 13.2 Å². The highest BCUT2D eigenvalue weighted by Gasteiger charge is 2.12. The molecule has 0 saturated carbocycles. The molecular formula is C19H21ClN2O3. The number of nitrogens with one attached hydrogen (secondary N) is 1. The van der Waals surface area contributed by atoms with Crippen molar-refractivity contribution in [2.24, 2.45) is 0 Å². The highest BCUT2D eigenvalue weighted by atomic mass is 35.5. The lowest BCUT2D eigenvalue weighted by Crippen LogP contribution is -2.37. The molecule has 0 aliphatic rings. The molecule has 0 atom stereocenters. The number of hydrogen-bond acceptors (Lipinski definition) is 3. The van der Waals surface area contributed by atoms with Gasteiger partial charge in [-0.05, 0) is 42.8 Å². The van der Waals surface area contributed by atoms with Crippen LogP contribution in [0.25, 0.3) is 0 Å². The zero-order valence-corrected chi connectivity index (χ0v) is 15.0. The molecule has 0 saturated heterocycles. The van der Waals surface area contributed by atoms with Crippen LogP contribution in [0, 0.1) is 0 Å². The number of carbonyl (C=O) groups is 2. The van der Waals surface area contributed by atoms with Gasteiger partial charge in [-0.2, -0.15) is 0 Å². The van der Waals surface area contributed by atoms with Crippen molar-refractivity contribution in [1.82, 2.24) is 10.2 Å². The lowest BCUT2D eigenvalue weighted by atomic mass is 10.2. The topological polar surface area (TPSA) is 58.6 Å². The summed E-state index contributed by atoms with van der Waals surface area (Å²) in [5.74, 6) is 0.295. The third-order valence-electron chi connectivity index (χ3n) is 3.57. The van der Waals surface area contributed by atoms with E-state index in [0.717, 1.165) is 11.3 Å². The first-order valence-corrected chi connectivity index (χ1v) is 8.37. The van der Waals surface area contributed by atoms with Gasteiger partial charge < -0.3 is 15.0 Å². The predicted octanol–water partition coefficient (Wildman–Crippen LogP) is 3.13. The van der Waals surface area contributed by atoms with Gasteiger partial charge in [0.1, 0.15) is 5.75 Å². The number of nitrogens with zero attached hydrogens (tertiary/aromatic N) is 1. The van der Waals surface area contributed by atoms with E-state index in [1.165, 1.54) is 0 Å². The van der Waals surface area contributed by atoms with Crippen molar-refractivity contribution in [3.05, 3.63) is 64.7 Å². The molecular weight excluding hydrogens is 340 g/mol. The van der Waals surface area contributed by atoms with Gasteiger partial charge in [-0.25, -0.2) is 0 Å². The summed E-state index contributed by atoms with van der Waals surface area (Å²) in [5.41, 5.74) is 1.41. The lowest BCUT2D eigenvalue weighted by Gasteiger charge is -2.18. The van der Waals surface area contributed by atoms with Gasteiger partial charge in [0.2, 0.25) is 5.91 Å². The molecule has 0 aliphatic carbocycles. The second-order valence-electron chi connectivity index (χ2n) is 5.52. The fourth-order valence-corrected chi connectivity index (χ4v) is 2.43. The number of likely N-dealkylation sites (N-methyl/N-ethyl adjacent to an activating group) is 1. The molecule has 2 amide bonds. The molecule has 0 unspecified atom stereocenters. The highest BCUT2D eigenvalue weighted by molar-refractivity contribution is 6.30. The first-order chi connectivity index (χ1) is 12.0. The van der Waals surface area contributed by atoms with Crippen LogP contribution in [0.2, 0.25) is 5.02 Å². The molecule has 0 spiro atoms. The van der Waals surface area contributed by atoms with E-state index in [-0.39, 0.29) is 18.4 Å². The second-order valence-corrected chi connectivity index (χ2v) is 5.96. The number of benzene rings is 2. The Morgan fingerprint density at radius 1 is 1.16 bits per heavy atom. The van der Waals surface area contributed by atoms with Crippen LogP contribution in [0.3, 0.4) is 0 Å². The normalized spacial score (nSPS) is 10.2. The predicted molar refractivity (Wildman–Crippen MR) is 97.9 cm³/mol. The standard InChI is InChI=1S/C19H21ClN2O3/c1-3-25-17-9-7-14(8-10-17)13-22(2)18(23)12-21-19(24)15-5-4-6-16(20)11-15/h4-11H,3,12-13H2,1-2H3,(H,21,24). The van der Waals surface area contributed by atoms with Gasteiger partial charge in [0, 0.05) is 24.2 Å². The van der Waals surface area contributed by atoms with Gasteiger partial charge in [-0.3, -0.25) is 9.59 Å². The number of rotatable bonds is 7. The van der Waals surface area contributed by atoms with E-state index >= 15 is 0 Å². The first-order valence-electron chi connectivity index (χ1n) is 7.99. The maximum absolute atomic E-state index is 12.2. The van der Waals surface area contributed by atoms with E-state index in [4.69, 9.17) is 16.3 Å². The third-order valence-corrected chi connectivity index (χ3v) is 3.80. The molecule has 0 bridgehead atoms. The molecule has 0 radical (unpaired) electrons. The SMILES string of the molecule is CCOc1ccc(CN(C)C(=O)CNC(=O)c2cccc(Cl)c2)cc1. The molecule has 1 N–H and O–H groups in total. The van der Waals surface area contributed by atoms with Crippen molar-refractivity contribution in [2.45, 2.75) is 13.5 Å². The highest BCUT2D eigenvalue weighted by Crippen LogP contribution is 2.13. The molecule has 6 heteroatoms. The Kier molecular flexibility index (Phi) is 6.83. The van der Waals surface area contributed by atoms with Crippen LogP contribution in [-0.2, 0) is 11.3 Å². The molecule has 0 aliphatic heterocycles. The monoisotopic (exact) mass is 360 g/mol. The van der Waals surface area contributed by atoms with E-state index in [0.29, 0.717) is 23.7 Å². The average Bonchev–Trinajstić information content (AvgIpc) is 2.61. The first kappa shape index (κ1) is 18.8. The van der Waals surface area contributed by atoms with Gasteiger partial charge in [-0.15, -0.1) is 0 Å². The van der Waals surface area contributed by atoms with Crippen LogP contribution < -0.4 is 10.1 Å². The molecule has 5 nitrogen and oxygen atoms in total. The van der Waals surface area contributed by atoms with Crippen LogP contribution in [0.4, 0.5) is 0 Å². The largest absolute Gasteiger partial charge is 0.494 e. The molecule has 0 heterocycles. The van der Waals surface area contributed by atoms with Crippen LogP contribution >= 0.6 is 11.6 Å². The van der Waals surface area contributed by atoms with Gasteiger partial charge in [-0.1, -0.05) is 29.8 Å². The Labute approximate surface area is 152 Å². The number of ether oxygens (including phenoxy) is 1. The molecule has 2 aromatic carbocycles. The maximum Gasteiger partial charge on any atom is 0.251 e. The summed E-state index contributed by atoms with van der Waals surface area (Å²) in [6, 6.07) is 14.2. The summed E-state index contributed by atoms with van der Waals surface area (Å²) < 4.78 is 5.39. The summed E-state index contributed by atoms with van der Waals surface area (Å²) >= 11 is 5.86. The fourth-order valence-electron chi connectivity index (χ4n) is 2.24. The quantitative estimate of drug-likeness (QED) is 0.825. The Morgan fingerprint density at radius 3 is 2.52 bits per heavy atom. The minimum absolute atomic E-state index is 0.0706. The number of hydrogen-bond donors (Lipinski definition) is 1. The third kappa shape index (κ3) is 5.80. The summed E-state index contributed by atoms with van der Waals surface area (Å²) in [6.45, 7) is 2.93. The van der Waals surface area contributed by atoms with Crippen molar-refractivity contribution in [2.75, 3.05) is 20.2 Å². The van der Waals surface area contributed by atoms with Crippen molar-refractivity contribution in [1.29, 1.82) is 0 Å². The van der Waals surface area contributed by atoms with Crippen molar-refractivity contribution in [3.63, 3.8) is 0 Å². The minimum Gasteiger partial charge on any atom is -0.494 e. The average molecular weight is 361 g/mol. The zero-order valence-electron chi connectivity index (χ0n) is 14.3. The number of carbonyl (C=O) groups excluding carboxylic acids is 2. The van der Waals surface area contributed by atoms with Gasteiger partial charge in [0.15, 0.2) is 0 Å². The summed E-state index contributed by atoms with van der Waals surface area (Å²) in [4.78, 5) is 25.8. The fraction of sp³-hybridized carbons (Fsp3) is 0.263. The van der Waals surface area contributed by atoms with E-state index in [2.05, 4.69) is 5.32 Å². The molecule has 2 aromatic rings. The van der Waals surface area contributed by atoms with Crippen LogP contribution in [0.5, 0.6) is 5.75 Å². The lowest BCUT2D eigenvalue weighted by molar-refractivity contribution is -0.129. The maximum atomic E-state index is 12.2. The Morgan fingerprint density at radius 2 is 1.88 bits per heavy atom. The van der Waals surface area contributed by atoms with E-state index in [1.54, 1.807) is 36.2 Å². The Bertz CT molecular complexity index is 732. The second kappa shape index (κ2) is 9.08. The Balaban J connectivity index is 1.84. The van der Waals surface area contributed by atoms with Gasteiger partial charge in [0.25, 0.3) is 5.91 Å². The van der Waals surface area contributed by atoms with Crippen molar-refractivity contribution < 1.29 is 14.3 Å². The summed E-state index contributed by atoms with van der Waals surface area (Å²) in [7, 11) is 1.70. The molecule has 132 valence electrons. The molecule has 0 aromatic heterocycles. The van der Waals surface area contributed by atoms with Crippen molar-refractivity contribution in [3.8, 4) is 5.75 Å². The van der Waals surface area contributed by atoms with Crippen LogP contribution in [-0.4, -0.2) is 36.9 Å². The molecule has 25 heavy (non-hydrogen) atoms. The number of amides is 2. The van der Waals surface area contributed by atoms with E-state index in [9.17, 15) is 9.59 Å². The van der Waals surface area contributed by atoms with E-state index in [1.807, 2.05) is 31.2 Å². The summed E-state index contributed by atoms with van der Waals surface area (Å²) in [5, 5.41) is 3.09. The molecule has 2 rings (SSSR count). The zero-order chi connectivity index (χ0) is 18.2. The minimum atomic E-state index is -0.328. The molecule has 0 fully saturated rings. The number of halogens is 1. The Hall–Kier alpha value is -2.53.